The molecule has 0 aliphatic rings. The topological polar surface area (TPSA) is 49.4 Å². The second-order valence-electron chi connectivity index (χ2n) is 5.93. The number of carbonyl (C=O) groups excluding carboxylic acids is 1. The molecule has 28 heavy (non-hydrogen) atoms. The van der Waals surface area contributed by atoms with Crippen molar-refractivity contribution in [1.82, 2.24) is 0 Å². The molecule has 0 saturated carbocycles. The average Bonchev–Trinajstić information content (AvgIpc) is 2.58. The lowest BCUT2D eigenvalue weighted by Crippen LogP contribution is -2.56. The van der Waals surface area contributed by atoms with Gasteiger partial charge >= 0.3 is 12.4 Å². The largest absolute Gasteiger partial charge is 0.542 e. The number of alkyl halides is 6. The molecule has 0 saturated heterocycles. The first-order valence-corrected chi connectivity index (χ1v) is 8.33. The van der Waals surface area contributed by atoms with Crippen LogP contribution in [-0.2, 0) is 15.1 Å². The Bertz CT molecular complexity index is 637. The van der Waals surface area contributed by atoms with Gasteiger partial charge in [-0.15, -0.1) is 0 Å². The van der Waals surface area contributed by atoms with Gasteiger partial charge in [0, 0.05) is 12.2 Å². The minimum Gasteiger partial charge on any atom is -0.542 e. The Morgan fingerprint density at radius 2 is 1.46 bits per heavy atom. The first kappa shape index (κ1) is 23.9. The van der Waals surface area contributed by atoms with Gasteiger partial charge in [0.05, 0.1) is 5.97 Å². The predicted octanol–water partition coefficient (Wildman–Crippen LogP) is 4.58. The summed E-state index contributed by atoms with van der Waals surface area (Å²) < 4.78 is 97.7. The van der Waals surface area contributed by atoms with E-state index in [9.17, 15) is 40.6 Å². The van der Waals surface area contributed by atoms with Crippen LogP contribution in [0.1, 0.15) is 37.7 Å². The average molecular weight is 415 g/mol. The fraction of sp³-hybridized carbons (Fsp3) is 0.500. The molecule has 0 fully saturated rings. The Morgan fingerprint density at radius 3 is 1.96 bits per heavy atom. The Hall–Kier alpha value is -2.10. The van der Waals surface area contributed by atoms with Crippen molar-refractivity contribution in [3.05, 3.63) is 47.8 Å². The van der Waals surface area contributed by atoms with Crippen molar-refractivity contribution in [3.8, 4) is 0 Å². The van der Waals surface area contributed by atoms with Crippen LogP contribution in [0.4, 0.5) is 30.7 Å². The summed E-state index contributed by atoms with van der Waals surface area (Å²) in [6, 6.07) is 4.82. The summed E-state index contributed by atoms with van der Waals surface area (Å²) in [4.78, 5) is 10.1. The molecule has 158 valence electrons. The van der Waals surface area contributed by atoms with Crippen molar-refractivity contribution in [2.24, 2.45) is 0 Å². The van der Waals surface area contributed by atoms with Crippen LogP contribution in [-0.4, -0.2) is 24.9 Å². The molecule has 0 aliphatic carbocycles. The number of hydrogen-bond donors (Lipinski definition) is 0. The normalized spacial score (nSPS) is 13.6. The number of unbranched alkanes of at least 4 members (excludes halogenated alkanes) is 4. The Morgan fingerprint density at radius 1 is 0.929 bits per heavy atom. The maximum Gasteiger partial charge on any atom is 0.430 e. The van der Waals surface area contributed by atoms with Gasteiger partial charge in [-0.2, -0.15) is 26.3 Å². The zero-order valence-corrected chi connectivity index (χ0v) is 14.6. The van der Waals surface area contributed by atoms with Crippen LogP contribution in [0, 0.1) is 0 Å². The van der Waals surface area contributed by atoms with Gasteiger partial charge in [-0.05, 0) is 25.3 Å². The third-order valence-electron chi connectivity index (χ3n) is 3.91. The van der Waals surface area contributed by atoms with Gasteiger partial charge in [0.15, 0.2) is 0 Å². The highest BCUT2D eigenvalue weighted by atomic mass is 19.4. The van der Waals surface area contributed by atoms with Crippen LogP contribution < -0.4 is 5.11 Å². The van der Waals surface area contributed by atoms with E-state index in [1.54, 1.807) is 0 Å². The highest BCUT2D eigenvalue weighted by Crippen LogP contribution is 2.52. The second kappa shape index (κ2) is 9.90. The van der Waals surface area contributed by atoms with Crippen molar-refractivity contribution in [3.63, 3.8) is 0 Å². The summed E-state index contributed by atoms with van der Waals surface area (Å²) in [5, 5.41) is 10.1. The van der Waals surface area contributed by atoms with E-state index in [-0.39, 0.29) is 19.3 Å². The maximum atomic E-state index is 13.4. The molecule has 1 aromatic carbocycles. The molecule has 3 nitrogen and oxygen atoms in total. The standard InChI is InChI=1S/C18H19F7O3/c19-14(15(26)27)11-7-2-1-3-8-12-28-16(17(20,21)22,18(23,24)25)13-9-5-4-6-10-13/h4-6,9-11H,1-3,7-8,12H2,(H,26,27)/p-1. The van der Waals surface area contributed by atoms with Crippen LogP contribution in [0.5, 0.6) is 0 Å². The van der Waals surface area contributed by atoms with Crippen LogP contribution in [0.2, 0.25) is 0 Å². The van der Waals surface area contributed by atoms with E-state index >= 15 is 0 Å². The van der Waals surface area contributed by atoms with Crippen LogP contribution in [0.3, 0.4) is 0 Å². The number of allylic oxidation sites excluding steroid dienone is 1. The van der Waals surface area contributed by atoms with Gasteiger partial charge in [0.1, 0.15) is 5.83 Å². The maximum absolute atomic E-state index is 13.4. The summed E-state index contributed by atoms with van der Waals surface area (Å²) in [6.45, 7) is -0.794. The number of carboxylic acids is 1. The van der Waals surface area contributed by atoms with Crippen molar-refractivity contribution >= 4 is 5.97 Å². The minimum absolute atomic E-state index is 0.0553. The van der Waals surface area contributed by atoms with E-state index in [0.29, 0.717) is 25.0 Å². The fourth-order valence-electron chi connectivity index (χ4n) is 2.55. The summed E-state index contributed by atoms with van der Waals surface area (Å²) in [7, 11) is 0. The molecule has 0 atom stereocenters. The third-order valence-corrected chi connectivity index (χ3v) is 3.91. The molecule has 0 bridgehead atoms. The number of benzene rings is 1. The highest BCUT2D eigenvalue weighted by molar-refractivity contribution is 5.81. The molecule has 0 aliphatic heterocycles. The Balaban J connectivity index is 2.70. The summed E-state index contributed by atoms with van der Waals surface area (Å²) in [5.41, 5.74) is -5.49. The zero-order chi connectivity index (χ0) is 21.4. The number of hydrogen-bond acceptors (Lipinski definition) is 3. The molecule has 0 radical (unpaired) electrons. The lowest BCUT2D eigenvalue weighted by Gasteiger charge is -2.37. The molecule has 0 aromatic heterocycles. The lowest BCUT2D eigenvalue weighted by atomic mass is 9.92. The lowest BCUT2D eigenvalue weighted by molar-refractivity contribution is -0.389. The number of ether oxygens (including phenoxy) is 1. The van der Waals surface area contributed by atoms with Gasteiger partial charge in [-0.25, -0.2) is 4.39 Å². The van der Waals surface area contributed by atoms with Gasteiger partial charge < -0.3 is 14.6 Å². The van der Waals surface area contributed by atoms with E-state index < -0.39 is 41.9 Å². The van der Waals surface area contributed by atoms with Gasteiger partial charge in [0.25, 0.3) is 5.60 Å². The molecule has 0 amide bonds. The number of aliphatic carboxylic acids is 1. The van der Waals surface area contributed by atoms with E-state index in [0.717, 1.165) is 18.2 Å². The number of halogens is 7. The smallest absolute Gasteiger partial charge is 0.430 e. The van der Waals surface area contributed by atoms with E-state index in [2.05, 4.69) is 4.74 Å². The molecule has 1 aromatic rings. The first-order chi connectivity index (χ1) is 12.9. The molecular weight excluding hydrogens is 397 g/mol. The molecule has 0 N–H and O–H groups in total. The Labute approximate surface area is 156 Å². The predicted molar refractivity (Wildman–Crippen MR) is 83.5 cm³/mol. The van der Waals surface area contributed by atoms with Crippen LogP contribution in [0.25, 0.3) is 0 Å². The second-order valence-corrected chi connectivity index (χ2v) is 5.93. The zero-order valence-electron chi connectivity index (χ0n) is 14.6. The summed E-state index contributed by atoms with van der Waals surface area (Å²) >= 11 is 0. The van der Waals surface area contributed by atoms with Gasteiger partial charge in [-0.1, -0.05) is 43.2 Å². The van der Waals surface area contributed by atoms with Crippen molar-refractivity contribution in [2.75, 3.05) is 6.61 Å². The van der Waals surface area contributed by atoms with Crippen molar-refractivity contribution in [2.45, 2.75) is 50.1 Å². The van der Waals surface area contributed by atoms with Gasteiger partial charge in [0.2, 0.25) is 0 Å². The van der Waals surface area contributed by atoms with Crippen molar-refractivity contribution in [1.29, 1.82) is 0 Å². The summed E-state index contributed by atoms with van der Waals surface area (Å²) in [6.07, 6.45) is -9.81. The van der Waals surface area contributed by atoms with Crippen LogP contribution in [0.15, 0.2) is 42.2 Å². The van der Waals surface area contributed by atoms with E-state index in [1.165, 1.54) is 6.07 Å². The minimum atomic E-state index is -5.72. The molecule has 1 rings (SSSR count). The first-order valence-electron chi connectivity index (χ1n) is 8.33. The van der Waals surface area contributed by atoms with Crippen molar-refractivity contribution < 1.29 is 45.4 Å². The monoisotopic (exact) mass is 415 g/mol. The molecule has 0 unspecified atom stereocenters. The third kappa shape index (κ3) is 5.95. The summed E-state index contributed by atoms with van der Waals surface area (Å²) in [5.74, 6) is -3.38. The quantitative estimate of drug-likeness (QED) is 0.319. The highest BCUT2D eigenvalue weighted by Gasteiger charge is 2.73. The molecule has 10 heteroatoms. The van der Waals surface area contributed by atoms with E-state index in [4.69, 9.17) is 0 Å². The molecule has 0 heterocycles. The number of carboxylic acid groups (broad SMARTS) is 1. The van der Waals surface area contributed by atoms with Crippen LogP contribution >= 0.6 is 0 Å². The fourth-order valence-corrected chi connectivity index (χ4v) is 2.55. The Kier molecular flexibility index (Phi) is 8.47. The SMILES string of the molecule is O=C([O-])C(F)=CCCCCCCOC(c1ccccc1)(C(F)(F)F)C(F)(F)F. The number of carbonyl (C=O) groups is 1. The number of rotatable bonds is 10. The molecular formula is C18H18F7O3-. The van der Waals surface area contributed by atoms with E-state index in [1.807, 2.05) is 0 Å². The van der Waals surface area contributed by atoms with Gasteiger partial charge in [-0.3, -0.25) is 0 Å². The molecule has 0 spiro atoms.